The molecule has 35 heavy (non-hydrogen) atoms. The number of nitrogens with one attached hydrogen (secondary N) is 2. The van der Waals surface area contributed by atoms with E-state index in [1.165, 1.54) is 0 Å². The van der Waals surface area contributed by atoms with Crippen LogP contribution in [0.15, 0.2) is 60.9 Å². The first kappa shape index (κ1) is 23.2. The predicted molar refractivity (Wildman–Crippen MR) is 136 cm³/mol. The van der Waals surface area contributed by atoms with E-state index in [1.54, 1.807) is 24.5 Å². The summed E-state index contributed by atoms with van der Waals surface area (Å²) in [6, 6.07) is 14.6. The molecule has 3 N–H and O–H groups in total. The minimum atomic E-state index is -1.10. The lowest BCUT2D eigenvalue weighted by Crippen LogP contribution is -2.41. The molecule has 2 aromatic carbocycles. The number of benzene rings is 2. The first-order chi connectivity index (χ1) is 16.7. The number of aromatic nitrogens is 3. The van der Waals surface area contributed by atoms with Gasteiger partial charge < -0.3 is 15.2 Å². The lowest BCUT2D eigenvalue weighted by molar-refractivity contribution is 0.0604. The highest BCUT2D eigenvalue weighted by molar-refractivity contribution is 6.33. The molecule has 0 saturated heterocycles. The zero-order valence-electron chi connectivity index (χ0n) is 19.0. The summed E-state index contributed by atoms with van der Waals surface area (Å²) in [5.41, 5.74) is 4.91. The highest BCUT2D eigenvalue weighted by Gasteiger charge is 2.37. The van der Waals surface area contributed by atoms with Crippen molar-refractivity contribution in [1.29, 1.82) is 0 Å². The number of carboxylic acid groups (broad SMARTS) is 1. The van der Waals surface area contributed by atoms with E-state index in [9.17, 15) is 9.90 Å². The number of nitrogens with zero attached hydrogens (tertiary/aromatic N) is 2. The second-order valence-electron chi connectivity index (χ2n) is 9.04. The summed E-state index contributed by atoms with van der Waals surface area (Å²) in [5.74, 6) is 0.377. The Morgan fingerprint density at radius 2 is 1.83 bits per heavy atom. The molecule has 0 bridgehead atoms. The maximum absolute atomic E-state index is 11.5. The number of ether oxygens (including phenoxy) is 1. The fraction of sp³-hybridized carbons (Fsp3) is 0.192. The van der Waals surface area contributed by atoms with Crippen LogP contribution in [0.5, 0.6) is 5.88 Å². The van der Waals surface area contributed by atoms with Crippen molar-refractivity contribution in [3.63, 3.8) is 0 Å². The van der Waals surface area contributed by atoms with Gasteiger partial charge >= 0.3 is 6.09 Å². The fourth-order valence-electron chi connectivity index (χ4n) is 4.38. The molecule has 1 aliphatic rings. The van der Waals surface area contributed by atoms with E-state index in [1.807, 2.05) is 50.2 Å². The SMILES string of the molecule is CC1(C)C[C@@H](NC(=O)O)c2cc(-c3ccc(Cl)cc3)c(-c3ccc(-c4cn[nH]c4)cc3Cl)nc2O1. The van der Waals surface area contributed by atoms with Crippen LogP contribution < -0.4 is 10.1 Å². The van der Waals surface area contributed by atoms with E-state index in [-0.39, 0.29) is 0 Å². The van der Waals surface area contributed by atoms with Crippen molar-refractivity contribution in [2.24, 2.45) is 0 Å². The Morgan fingerprint density at radius 1 is 1.09 bits per heavy atom. The van der Waals surface area contributed by atoms with E-state index in [4.69, 9.17) is 32.9 Å². The van der Waals surface area contributed by atoms with Crippen molar-refractivity contribution in [3.8, 4) is 39.4 Å². The first-order valence-electron chi connectivity index (χ1n) is 11.0. The summed E-state index contributed by atoms with van der Waals surface area (Å²) in [6.07, 6.45) is 2.89. The van der Waals surface area contributed by atoms with Gasteiger partial charge in [0.1, 0.15) is 5.60 Å². The topological polar surface area (TPSA) is 100 Å². The molecule has 1 aliphatic heterocycles. The summed E-state index contributed by atoms with van der Waals surface area (Å²) < 4.78 is 6.21. The van der Waals surface area contributed by atoms with Crippen molar-refractivity contribution in [1.82, 2.24) is 20.5 Å². The van der Waals surface area contributed by atoms with Crippen LogP contribution in [0, 0.1) is 0 Å². The molecule has 7 nitrogen and oxygen atoms in total. The van der Waals surface area contributed by atoms with Gasteiger partial charge in [-0.3, -0.25) is 5.10 Å². The second-order valence-corrected chi connectivity index (χ2v) is 9.88. The molecule has 5 rings (SSSR count). The van der Waals surface area contributed by atoms with Gasteiger partial charge in [0, 0.05) is 39.9 Å². The molecule has 0 aliphatic carbocycles. The van der Waals surface area contributed by atoms with Gasteiger partial charge in [0.25, 0.3) is 0 Å². The number of fused-ring (bicyclic) bond motifs is 1. The number of hydrogen-bond donors (Lipinski definition) is 3. The van der Waals surface area contributed by atoms with Crippen LogP contribution in [0.2, 0.25) is 10.0 Å². The molecule has 178 valence electrons. The number of pyridine rings is 1. The standard InChI is InChI=1S/C26H22Cl2N4O3/c1-26(2)11-22(31-25(33)34)20-10-19(14-3-6-17(27)7-4-14)23(32-24(20)35-26)18-8-5-15(9-21(18)28)16-12-29-30-13-16/h3-10,12-13,22,31H,11H2,1-2H3,(H,29,30)(H,33,34)/t22-/m1/s1. The van der Waals surface area contributed by atoms with Crippen LogP contribution in [0.25, 0.3) is 33.5 Å². The molecular weight excluding hydrogens is 487 g/mol. The highest BCUT2D eigenvalue weighted by atomic mass is 35.5. The third kappa shape index (κ3) is 4.70. The lowest BCUT2D eigenvalue weighted by atomic mass is 9.88. The number of halogens is 2. The van der Waals surface area contributed by atoms with Crippen LogP contribution in [0.3, 0.4) is 0 Å². The number of carbonyl (C=O) groups is 1. The summed E-state index contributed by atoms with van der Waals surface area (Å²) in [7, 11) is 0. The number of H-pyrrole nitrogens is 1. The van der Waals surface area contributed by atoms with E-state index < -0.39 is 17.7 Å². The molecule has 0 fully saturated rings. The van der Waals surface area contributed by atoms with E-state index in [2.05, 4.69) is 15.5 Å². The van der Waals surface area contributed by atoms with Crippen molar-refractivity contribution in [3.05, 3.63) is 76.5 Å². The van der Waals surface area contributed by atoms with Gasteiger partial charge in [-0.25, -0.2) is 9.78 Å². The van der Waals surface area contributed by atoms with Crippen molar-refractivity contribution < 1.29 is 14.6 Å². The number of aromatic amines is 1. The largest absolute Gasteiger partial charge is 0.471 e. The van der Waals surface area contributed by atoms with E-state index in [0.717, 1.165) is 27.8 Å². The van der Waals surface area contributed by atoms with Gasteiger partial charge in [-0.05, 0) is 49.2 Å². The smallest absolute Gasteiger partial charge is 0.405 e. The number of rotatable bonds is 4. The van der Waals surface area contributed by atoms with E-state index >= 15 is 0 Å². The van der Waals surface area contributed by atoms with Gasteiger partial charge in [0.2, 0.25) is 5.88 Å². The van der Waals surface area contributed by atoms with Gasteiger partial charge in [0.15, 0.2) is 0 Å². The predicted octanol–water partition coefficient (Wildman–Crippen LogP) is 6.98. The van der Waals surface area contributed by atoms with Crippen LogP contribution in [-0.4, -0.2) is 32.0 Å². The Morgan fingerprint density at radius 3 is 2.49 bits per heavy atom. The summed E-state index contributed by atoms with van der Waals surface area (Å²) >= 11 is 12.9. The molecule has 1 amide bonds. The Balaban J connectivity index is 1.71. The Labute approximate surface area is 212 Å². The molecular formula is C26H22Cl2N4O3. The monoisotopic (exact) mass is 508 g/mol. The van der Waals surface area contributed by atoms with Crippen LogP contribution in [-0.2, 0) is 0 Å². The summed E-state index contributed by atoms with van der Waals surface area (Å²) in [6.45, 7) is 3.82. The van der Waals surface area contributed by atoms with Crippen molar-refractivity contribution in [2.75, 3.05) is 0 Å². The third-order valence-electron chi connectivity index (χ3n) is 5.97. The zero-order valence-corrected chi connectivity index (χ0v) is 20.5. The average molecular weight is 509 g/mol. The van der Waals surface area contributed by atoms with Crippen molar-refractivity contribution in [2.45, 2.75) is 31.9 Å². The minimum Gasteiger partial charge on any atom is -0.471 e. The van der Waals surface area contributed by atoms with Gasteiger partial charge in [-0.1, -0.05) is 47.5 Å². The lowest BCUT2D eigenvalue weighted by Gasteiger charge is -2.37. The molecule has 3 heterocycles. The fourth-order valence-corrected chi connectivity index (χ4v) is 4.77. The Kier molecular flexibility index (Phi) is 5.91. The molecule has 0 unspecified atom stereocenters. The highest BCUT2D eigenvalue weighted by Crippen LogP contribution is 2.45. The maximum Gasteiger partial charge on any atom is 0.405 e. The normalized spacial score (nSPS) is 16.3. The molecule has 4 aromatic rings. The maximum atomic E-state index is 11.5. The summed E-state index contributed by atoms with van der Waals surface area (Å²) in [5, 5.41) is 20.0. The summed E-state index contributed by atoms with van der Waals surface area (Å²) in [4.78, 5) is 16.4. The Bertz CT molecular complexity index is 1400. The van der Waals surface area contributed by atoms with Gasteiger partial charge in [0.05, 0.1) is 23.0 Å². The molecule has 1 atom stereocenters. The number of hydrogen-bond acceptors (Lipinski definition) is 4. The van der Waals surface area contributed by atoms with Crippen LogP contribution >= 0.6 is 23.2 Å². The molecule has 0 saturated carbocycles. The van der Waals surface area contributed by atoms with Crippen LogP contribution in [0.1, 0.15) is 31.9 Å². The van der Waals surface area contributed by atoms with Crippen LogP contribution in [0.4, 0.5) is 4.79 Å². The molecule has 2 aromatic heterocycles. The zero-order chi connectivity index (χ0) is 24.7. The minimum absolute atomic E-state index is 0.377. The number of amides is 1. The molecule has 9 heteroatoms. The Hall–Kier alpha value is -3.55. The van der Waals surface area contributed by atoms with E-state index in [0.29, 0.717) is 33.6 Å². The van der Waals surface area contributed by atoms with Gasteiger partial charge in [-0.15, -0.1) is 0 Å². The van der Waals surface area contributed by atoms with Crippen molar-refractivity contribution >= 4 is 29.3 Å². The molecule has 0 radical (unpaired) electrons. The van der Waals surface area contributed by atoms with Gasteiger partial charge in [-0.2, -0.15) is 5.10 Å². The quantitative estimate of drug-likeness (QED) is 0.276. The third-order valence-corrected chi connectivity index (χ3v) is 6.53. The molecule has 0 spiro atoms. The second kappa shape index (κ2) is 8.91. The first-order valence-corrected chi connectivity index (χ1v) is 11.7. The average Bonchev–Trinajstić information content (AvgIpc) is 3.33.